The largest absolute Gasteiger partial charge is 0.508 e. The molecular weight excluding hydrogens is 288 g/mol. The standard InChI is InChI=1S/C16H12O6/c17-8-5-6-11(12(18)7-8)14-13(15(19)20)9-3-1-2-4-10(9)16(21)22-14/h1-7,13-14,17-18H,(H,19,20)/t13-,14+/m0/s1. The molecule has 6 heteroatoms. The van der Waals surface area contributed by atoms with Crippen LogP contribution in [0.5, 0.6) is 11.5 Å². The van der Waals surface area contributed by atoms with Gasteiger partial charge in [0.1, 0.15) is 23.5 Å². The molecule has 0 fully saturated rings. The topological polar surface area (TPSA) is 104 Å². The van der Waals surface area contributed by atoms with E-state index >= 15 is 0 Å². The highest BCUT2D eigenvalue weighted by Crippen LogP contribution is 2.44. The lowest BCUT2D eigenvalue weighted by molar-refractivity contribution is -0.142. The summed E-state index contributed by atoms with van der Waals surface area (Å²) in [5.74, 6) is -3.45. The molecule has 1 heterocycles. The first kappa shape index (κ1) is 13.9. The van der Waals surface area contributed by atoms with Crippen molar-refractivity contribution < 1.29 is 29.6 Å². The maximum atomic E-state index is 12.1. The zero-order valence-corrected chi connectivity index (χ0v) is 11.3. The summed E-state index contributed by atoms with van der Waals surface area (Å²) in [5.41, 5.74) is 0.668. The molecule has 0 spiro atoms. The summed E-state index contributed by atoms with van der Waals surface area (Å²) < 4.78 is 5.23. The van der Waals surface area contributed by atoms with Crippen LogP contribution >= 0.6 is 0 Å². The van der Waals surface area contributed by atoms with Gasteiger partial charge in [-0.1, -0.05) is 18.2 Å². The molecule has 0 saturated heterocycles. The Kier molecular flexibility index (Phi) is 3.21. The number of carboxylic acids is 1. The van der Waals surface area contributed by atoms with Crippen LogP contribution in [0.1, 0.15) is 33.5 Å². The molecule has 112 valence electrons. The van der Waals surface area contributed by atoms with Crippen LogP contribution in [0.2, 0.25) is 0 Å². The van der Waals surface area contributed by atoms with E-state index in [1.165, 1.54) is 18.2 Å². The van der Waals surface area contributed by atoms with Crippen molar-refractivity contribution in [1.82, 2.24) is 0 Å². The van der Waals surface area contributed by atoms with Gasteiger partial charge in [-0.05, 0) is 23.8 Å². The van der Waals surface area contributed by atoms with E-state index in [1.807, 2.05) is 0 Å². The van der Waals surface area contributed by atoms with E-state index in [9.17, 15) is 24.9 Å². The first-order valence-electron chi connectivity index (χ1n) is 6.53. The SMILES string of the molecule is O=C1O[C@H](c2ccc(O)cc2O)[C@@H](C(=O)O)c2ccccc21. The van der Waals surface area contributed by atoms with Crippen LogP contribution in [0, 0.1) is 0 Å². The van der Waals surface area contributed by atoms with E-state index in [4.69, 9.17) is 4.74 Å². The Bertz CT molecular complexity index is 767. The smallest absolute Gasteiger partial charge is 0.339 e. The average molecular weight is 300 g/mol. The lowest BCUT2D eigenvalue weighted by atomic mass is 9.84. The molecule has 3 rings (SSSR count). The second-order valence-electron chi connectivity index (χ2n) is 4.97. The molecule has 0 bridgehead atoms. The maximum Gasteiger partial charge on any atom is 0.339 e. The van der Waals surface area contributed by atoms with Gasteiger partial charge in [0.2, 0.25) is 0 Å². The number of hydrogen-bond donors (Lipinski definition) is 3. The van der Waals surface area contributed by atoms with Crippen LogP contribution in [0.25, 0.3) is 0 Å². The van der Waals surface area contributed by atoms with Crippen molar-refractivity contribution in [1.29, 1.82) is 0 Å². The molecule has 0 aromatic heterocycles. The zero-order chi connectivity index (χ0) is 15.9. The number of phenols is 2. The number of aromatic hydroxyl groups is 2. The highest BCUT2D eigenvalue weighted by atomic mass is 16.5. The fourth-order valence-electron chi connectivity index (χ4n) is 2.64. The molecule has 3 N–H and O–H groups in total. The summed E-state index contributed by atoms with van der Waals surface area (Å²) >= 11 is 0. The summed E-state index contributed by atoms with van der Waals surface area (Å²) in [5, 5.41) is 28.8. The molecular formula is C16H12O6. The third kappa shape index (κ3) is 2.14. The van der Waals surface area contributed by atoms with Crippen molar-refractivity contribution in [3.8, 4) is 11.5 Å². The molecule has 6 nitrogen and oxygen atoms in total. The number of fused-ring (bicyclic) bond motifs is 1. The normalized spacial score (nSPS) is 20.1. The fraction of sp³-hybridized carbons (Fsp3) is 0.125. The molecule has 2 aromatic carbocycles. The molecule has 22 heavy (non-hydrogen) atoms. The number of ether oxygens (including phenoxy) is 1. The monoisotopic (exact) mass is 300 g/mol. The van der Waals surface area contributed by atoms with Gasteiger partial charge in [-0.15, -0.1) is 0 Å². The third-order valence-corrected chi connectivity index (χ3v) is 3.64. The van der Waals surface area contributed by atoms with Gasteiger partial charge in [-0.3, -0.25) is 4.79 Å². The minimum absolute atomic E-state index is 0.132. The van der Waals surface area contributed by atoms with Gasteiger partial charge in [0.25, 0.3) is 0 Å². The number of phenolic OH excluding ortho intramolecular Hbond substituents is 2. The van der Waals surface area contributed by atoms with Crippen molar-refractivity contribution in [3.63, 3.8) is 0 Å². The van der Waals surface area contributed by atoms with Gasteiger partial charge in [-0.2, -0.15) is 0 Å². The molecule has 2 atom stereocenters. The number of hydrogen-bond acceptors (Lipinski definition) is 5. The molecule has 1 aliphatic heterocycles. The van der Waals surface area contributed by atoms with Crippen molar-refractivity contribution in [3.05, 3.63) is 59.2 Å². The predicted molar refractivity (Wildman–Crippen MR) is 74.7 cm³/mol. The molecule has 1 aliphatic rings. The van der Waals surface area contributed by atoms with Crippen LogP contribution in [0.4, 0.5) is 0 Å². The van der Waals surface area contributed by atoms with Crippen molar-refractivity contribution in [2.24, 2.45) is 0 Å². The summed E-state index contributed by atoms with van der Waals surface area (Å²) in [6.07, 6.45) is -1.17. The molecule has 0 aliphatic carbocycles. The van der Waals surface area contributed by atoms with E-state index in [2.05, 4.69) is 0 Å². The van der Waals surface area contributed by atoms with E-state index in [0.29, 0.717) is 5.56 Å². The Morgan fingerprint density at radius 1 is 1.05 bits per heavy atom. The number of carbonyl (C=O) groups excluding carboxylic acids is 1. The molecule has 0 radical (unpaired) electrons. The van der Waals surface area contributed by atoms with E-state index in [0.717, 1.165) is 6.07 Å². The predicted octanol–water partition coefficient (Wildman–Crippen LogP) is 2.18. The van der Waals surface area contributed by atoms with Crippen LogP contribution < -0.4 is 0 Å². The lowest BCUT2D eigenvalue weighted by Crippen LogP contribution is -2.31. The Morgan fingerprint density at radius 3 is 2.45 bits per heavy atom. The Hall–Kier alpha value is -3.02. The number of rotatable bonds is 2. The van der Waals surface area contributed by atoms with Gasteiger partial charge in [0.15, 0.2) is 0 Å². The van der Waals surface area contributed by atoms with Crippen molar-refractivity contribution >= 4 is 11.9 Å². The summed E-state index contributed by atoms with van der Waals surface area (Å²) in [4.78, 5) is 23.7. The Labute approximate surface area is 125 Å². The number of benzene rings is 2. The number of carboxylic acid groups (broad SMARTS) is 1. The first-order valence-corrected chi connectivity index (χ1v) is 6.53. The molecule has 0 amide bonds. The molecule has 0 unspecified atom stereocenters. The maximum absolute atomic E-state index is 12.1. The van der Waals surface area contributed by atoms with Gasteiger partial charge in [0, 0.05) is 11.6 Å². The summed E-state index contributed by atoms with van der Waals surface area (Å²) in [6.45, 7) is 0. The van der Waals surface area contributed by atoms with Gasteiger partial charge >= 0.3 is 11.9 Å². The van der Waals surface area contributed by atoms with Crippen LogP contribution in [0.3, 0.4) is 0 Å². The second-order valence-corrected chi connectivity index (χ2v) is 4.97. The quantitative estimate of drug-likeness (QED) is 0.734. The van der Waals surface area contributed by atoms with Crippen LogP contribution in [-0.2, 0) is 9.53 Å². The van der Waals surface area contributed by atoms with Crippen molar-refractivity contribution in [2.45, 2.75) is 12.0 Å². The highest BCUT2D eigenvalue weighted by Gasteiger charge is 2.42. The lowest BCUT2D eigenvalue weighted by Gasteiger charge is -2.30. The highest BCUT2D eigenvalue weighted by molar-refractivity contribution is 5.96. The summed E-state index contributed by atoms with van der Waals surface area (Å²) in [7, 11) is 0. The van der Waals surface area contributed by atoms with Gasteiger partial charge in [0.05, 0.1) is 5.56 Å². The van der Waals surface area contributed by atoms with Crippen LogP contribution in [-0.4, -0.2) is 27.3 Å². The fourth-order valence-corrected chi connectivity index (χ4v) is 2.64. The molecule has 0 saturated carbocycles. The second kappa shape index (κ2) is 5.07. The van der Waals surface area contributed by atoms with E-state index in [1.54, 1.807) is 18.2 Å². The third-order valence-electron chi connectivity index (χ3n) is 3.64. The first-order chi connectivity index (χ1) is 10.5. The zero-order valence-electron chi connectivity index (χ0n) is 11.3. The molecule has 2 aromatic rings. The minimum Gasteiger partial charge on any atom is -0.508 e. The van der Waals surface area contributed by atoms with E-state index < -0.39 is 24.0 Å². The minimum atomic E-state index is -1.17. The Balaban J connectivity index is 2.16. The Morgan fingerprint density at radius 2 is 1.77 bits per heavy atom. The van der Waals surface area contributed by atoms with E-state index in [-0.39, 0.29) is 22.6 Å². The number of carbonyl (C=O) groups is 2. The van der Waals surface area contributed by atoms with Crippen molar-refractivity contribution in [2.75, 3.05) is 0 Å². The number of cyclic esters (lactones) is 1. The number of aliphatic carboxylic acids is 1. The summed E-state index contributed by atoms with van der Waals surface area (Å²) in [6, 6.07) is 10.0. The number of esters is 1. The van der Waals surface area contributed by atoms with Crippen LogP contribution in [0.15, 0.2) is 42.5 Å². The van der Waals surface area contributed by atoms with Gasteiger partial charge < -0.3 is 20.1 Å². The average Bonchev–Trinajstić information content (AvgIpc) is 2.46. The van der Waals surface area contributed by atoms with Gasteiger partial charge in [-0.25, -0.2) is 4.79 Å².